The molecule has 1 nitrogen and oxygen atoms in total. The lowest BCUT2D eigenvalue weighted by atomic mass is 9.50. The van der Waals surface area contributed by atoms with E-state index in [-0.39, 0.29) is 0 Å². The van der Waals surface area contributed by atoms with Gasteiger partial charge in [0.15, 0.2) is 0 Å². The summed E-state index contributed by atoms with van der Waals surface area (Å²) < 4.78 is 0. The van der Waals surface area contributed by atoms with Crippen LogP contribution in [0.5, 0.6) is 0 Å². The maximum atomic E-state index is 3.64. The topological polar surface area (TPSA) is 12.0 Å². The normalized spacial score (nSPS) is 47.7. The van der Waals surface area contributed by atoms with E-state index in [0.717, 1.165) is 17.9 Å². The fourth-order valence-corrected chi connectivity index (χ4v) is 2.98. The molecule has 0 amide bonds. The van der Waals surface area contributed by atoms with Crippen LogP contribution in [0.3, 0.4) is 0 Å². The molecule has 3 atom stereocenters. The molecule has 1 heteroatoms. The lowest BCUT2D eigenvalue weighted by Gasteiger charge is -2.60. The van der Waals surface area contributed by atoms with E-state index in [1.807, 2.05) is 0 Å². The summed E-state index contributed by atoms with van der Waals surface area (Å²) in [5, 5.41) is 3.64. The molecule has 0 spiro atoms. The Hall–Kier alpha value is -0.0400. The van der Waals surface area contributed by atoms with Gasteiger partial charge >= 0.3 is 0 Å². The first-order chi connectivity index (χ1) is 5.14. The maximum absolute atomic E-state index is 3.64. The van der Waals surface area contributed by atoms with Crippen molar-refractivity contribution in [1.29, 1.82) is 0 Å². The van der Waals surface area contributed by atoms with Gasteiger partial charge in [-0.1, -0.05) is 20.8 Å². The Morgan fingerprint density at radius 1 is 1.36 bits per heavy atom. The zero-order valence-electron chi connectivity index (χ0n) is 7.85. The van der Waals surface area contributed by atoms with Crippen molar-refractivity contribution in [2.24, 2.45) is 17.3 Å². The molecule has 0 radical (unpaired) electrons. The molecule has 1 saturated carbocycles. The molecule has 0 bridgehead atoms. The first kappa shape index (κ1) is 7.60. The van der Waals surface area contributed by atoms with Crippen LogP contribution in [0, 0.1) is 17.3 Å². The van der Waals surface area contributed by atoms with E-state index in [9.17, 15) is 0 Å². The van der Waals surface area contributed by atoms with Gasteiger partial charge in [-0.25, -0.2) is 0 Å². The van der Waals surface area contributed by atoms with E-state index in [2.05, 4.69) is 26.1 Å². The van der Waals surface area contributed by atoms with Gasteiger partial charge in [-0.15, -0.1) is 0 Å². The number of hydrogen-bond acceptors (Lipinski definition) is 1. The SMILES string of the molecule is CC1C2CCCNC2C1(C)C. The molecule has 1 heterocycles. The van der Waals surface area contributed by atoms with Crippen LogP contribution in [-0.2, 0) is 0 Å². The molecular formula is C10H19N. The van der Waals surface area contributed by atoms with Gasteiger partial charge in [0.05, 0.1) is 0 Å². The molecule has 1 aliphatic carbocycles. The van der Waals surface area contributed by atoms with Crippen molar-refractivity contribution in [3.8, 4) is 0 Å². The van der Waals surface area contributed by atoms with Crippen LogP contribution in [0.1, 0.15) is 33.6 Å². The summed E-state index contributed by atoms with van der Waals surface area (Å²) in [6.07, 6.45) is 2.85. The summed E-state index contributed by atoms with van der Waals surface area (Å²) in [5.41, 5.74) is 0.561. The summed E-state index contributed by atoms with van der Waals surface area (Å²) in [7, 11) is 0. The molecule has 2 fully saturated rings. The van der Waals surface area contributed by atoms with E-state index in [0.29, 0.717) is 5.41 Å². The molecule has 0 aromatic carbocycles. The van der Waals surface area contributed by atoms with E-state index in [1.165, 1.54) is 19.4 Å². The Labute approximate surface area is 69.6 Å². The predicted molar refractivity (Wildman–Crippen MR) is 47.5 cm³/mol. The van der Waals surface area contributed by atoms with E-state index in [4.69, 9.17) is 0 Å². The van der Waals surface area contributed by atoms with Crippen molar-refractivity contribution >= 4 is 0 Å². The lowest BCUT2D eigenvalue weighted by molar-refractivity contribution is -0.0698. The second-order valence-electron chi connectivity index (χ2n) is 4.85. The van der Waals surface area contributed by atoms with Crippen molar-refractivity contribution in [2.75, 3.05) is 6.54 Å². The molecule has 0 aromatic rings. The van der Waals surface area contributed by atoms with Crippen LogP contribution in [0.2, 0.25) is 0 Å². The number of hydrogen-bond donors (Lipinski definition) is 1. The molecule has 0 aromatic heterocycles. The first-order valence-electron chi connectivity index (χ1n) is 4.87. The lowest BCUT2D eigenvalue weighted by Crippen LogP contribution is -2.65. The highest BCUT2D eigenvalue weighted by Crippen LogP contribution is 2.53. The van der Waals surface area contributed by atoms with Gasteiger partial charge in [0.25, 0.3) is 0 Å². The third kappa shape index (κ3) is 0.868. The number of nitrogens with one attached hydrogen (secondary N) is 1. The second kappa shape index (κ2) is 2.22. The molecule has 1 saturated heterocycles. The number of rotatable bonds is 0. The van der Waals surface area contributed by atoms with Gasteiger partial charge in [0, 0.05) is 6.04 Å². The second-order valence-corrected chi connectivity index (χ2v) is 4.85. The highest BCUT2D eigenvalue weighted by atomic mass is 15.0. The quantitative estimate of drug-likeness (QED) is 0.561. The standard InChI is InChI=1S/C10H19N/c1-7-8-5-4-6-11-9(8)10(7,2)3/h7-9,11H,4-6H2,1-3H3. The minimum atomic E-state index is 0.561. The van der Waals surface area contributed by atoms with E-state index >= 15 is 0 Å². The van der Waals surface area contributed by atoms with Crippen molar-refractivity contribution in [2.45, 2.75) is 39.7 Å². The Morgan fingerprint density at radius 2 is 2.09 bits per heavy atom. The molecule has 11 heavy (non-hydrogen) atoms. The van der Waals surface area contributed by atoms with Gasteiger partial charge in [0.1, 0.15) is 0 Å². The van der Waals surface area contributed by atoms with Crippen molar-refractivity contribution in [3.63, 3.8) is 0 Å². The third-order valence-corrected chi connectivity index (χ3v) is 4.12. The largest absolute Gasteiger partial charge is 0.313 e. The summed E-state index contributed by atoms with van der Waals surface area (Å²) >= 11 is 0. The monoisotopic (exact) mass is 153 g/mol. The molecule has 2 aliphatic rings. The van der Waals surface area contributed by atoms with Gasteiger partial charge < -0.3 is 5.32 Å². The van der Waals surface area contributed by atoms with Crippen molar-refractivity contribution in [1.82, 2.24) is 5.32 Å². The smallest absolute Gasteiger partial charge is 0.0152 e. The Balaban J connectivity index is 2.09. The molecule has 3 unspecified atom stereocenters. The zero-order chi connectivity index (χ0) is 8.06. The summed E-state index contributed by atoms with van der Waals surface area (Å²) in [4.78, 5) is 0. The van der Waals surface area contributed by atoms with Crippen LogP contribution in [-0.4, -0.2) is 12.6 Å². The van der Waals surface area contributed by atoms with Crippen LogP contribution >= 0.6 is 0 Å². The Morgan fingerprint density at radius 3 is 2.73 bits per heavy atom. The van der Waals surface area contributed by atoms with Crippen LogP contribution in [0.15, 0.2) is 0 Å². The molecule has 1 aliphatic heterocycles. The minimum Gasteiger partial charge on any atom is -0.313 e. The number of piperidine rings is 1. The van der Waals surface area contributed by atoms with Gasteiger partial charge in [0.2, 0.25) is 0 Å². The molecule has 1 N–H and O–H groups in total. The van der Waals surface area contributed by atoms with Gasteiger partial charge in [-0.05, 0) is 36.6 Å². The van der Waals surface area contributed by atoms with Gasteiger partial charge in [-0.2, -0.15) is 0 Å². The third-order valence-electron chi connectivity index (χ3n) is 4.12. The summed E-state index contributed by atoms with van der Waals surface area (Å²) in [6, 6.07) is 0.825. The van der Waals surface area contributed by atoms with Crippen LogP contribution in [0.4, 0.5) is 0 Å². The Bertz CT molecular complexity index is 162. The molecule has 2 rings (SSSR count). The average Bonchev–Trinajstić information content (AvgIpc) is 2.04. The maximum Gasteiger partial charge on any atom is 0.0152 e. The van der Waals surface area contributed by atoms with Crippen LogP contribution < -0.4 is 5.32 Å². The highest BCUT2D eigenvalue weighted by molar-refractivity contribution is 5.07. The summed E-state index contributed by atoms with van der Waals surface area (Å²) in [5.74, 6) is 1.92. The molecular weight excluding hydrogens is 134 g/mol. The van der Waals surface area contributed by atoms with Crippen molar-refractivity contribution in [3.05, 3.63) is 0 Å². The van der Waals surface area contributed by atoms with Gasteiger partial charge in [-0.3, -0.25) is 0 Å². The van der Waals surface area contributed by atoms with Crippen LogP contribution in [0.25, 0.3) is 0 Å². The fourth-order valence-electron chi connectivity index (χ4n) is 2.98. The zero-order valence-corrected chi connectivity index (χ0v) is 7.85. The highest BCUT2D eigenvalue weighted by Gasteiger charge is 2.53. The summed E-state index contributed by atoms with van der Waals surface area (Å²) in [6.45, 7) is 8.46. The molecule has 64 valence electrons. The predicted octanol–water partition coefficient (Wildman–Crippen LogP) is 2.03. The first-order valence-corrected chi connectivity index (χ1v) is 4.87. The minimum absolute atomic E-state index is 0.561. The average molecular weight is 153 g/mol. The number of fused-ring (bicyclic) bond motifs is 1. The van der Waals surface area contributed by atoms with E-state index < -0.39 is 0 Å². The van der Waals surface area contributed by atoms with Crippen molar-refractivity contribution < 1.29 is 0 Å². The van der Waals surface area contributed by atoms with E-state index in [1.54, 1.807) is 0 Å². The Kier molecular flexibility index (Phi) is 1.54. The fraction of sp³-hybridized carbons (Fsp3) is 1.00.